The van der Waals surface area contributed by atoms with Crippen molar-refractivity contribution < 1.29 is 9.94 Å². The minimum absolute atomic E-state index is 0.242. The summed E-state index contributed by atoms with van der Waals surface area (Å²) >= 11 is 0. The van der Waals surface area contributed by atoms with Crippen LogP contribution in [0.3, 0.4) is 0 Å². The number of ether oxygens (including phenoxy) is 1. The lowest BCUT2D eigenvalue weighted by atomic mass is 9.88. The molecule has 1 rings (SSSR count). The SMILES string of the molecule is COCC1CCN(CCC(C)(C)C(N)=NO)C1. The second-order valence-electron chi connectivity index (χ2n) is 5.53. The molecule has 1 atom stereocenters. The summed E-state index contributed by atoms with van der Waals surface area (Å²) in [6, 6.07) is 0. The maximum absolute atomic E-state index is 8.71. The van der Waals surface area contributed by atoms with Crippen molar-refractivity contribution >= 4 is 5.84 Å². The number of likely N-dealkylation sites (tertiary alicyclic amines) is 1. The van der Waals surface area contributed by atoms with Crippen molar-refractivity contribution in [1.82, 2.24) is 4.90 Å². The first-order valence-electron chi connectivity index (χ1n) is 6.19. The summed E-state index contributed by atoms with van der Waals surface area (Å²) in [6.45, 7) is 8.07. The summed E-state index contributed by atoms with van der Waals surface area (Å²) in [7, 11) is 1.75. The first-order chi connectivity index (χ1) is 7.99. The Bertz CT molecular complexity index is 266. The summed E-state index contributed by atoms with van der Waals surface area (Å²) in [4.78, 5) is 2.43. The lowest BCUT2D eigenvalue weighted by Crippen LogP contribution is -2.35. The van der Waals surface area contributed by atoms with Crippen LogP contribution in [0.2, 0.25) is 0 Å². The largest absolute Gasteiger partial charge is 0.409 e. The molecule has 0 aromatic carbocycles. The van der Waals surface area contributed by atoms with Crippen molar-refractivity contribution in [2.45, 2.75) is 26.7 Å². The molecular weight excluding hydrogens is 218 g/mol. The second kappa shape index (κ2) is 6.21. The number of hydrogen-bond donors (Lipinski definition) is 2. The molecule has 0 aliphatic carbocycles. The van der Waals surface area contributed by atoms with Crippen LogP contribution in [0, 0.1) is 11.3 Å². The molecule has 1 saturated heterocycles. The minimum atomic E-state index is -0.242. The summed E-state index contributed by atoms with van der Waals surface area (Å²) in [5.41, 5.74) is 5.43. The highest BCUT2D eigenvalue weighted by Gasteiger charge is 2.27. The highest BCUT2D eigenvalue weighted by molar-refractivity contribution is 5.85. The van der Waals surface area contributed by atoms with Gasteiger partial charge in [-0.1, -0.05) is 19.0 Å². The maximum Gasteiger partial charge on any atom is 0.144 e. The van der Waals surface area contributed by atoms with Crippen LogP contribution in [0.1, 0.15) is 26.7 Å². The number of hydrogen-bond acceptors (Lipinski definition) is 4. The number of oxime groups is 1. The molecule has 0 radical (unpaired) electrons. The summed E-state index contributed by atoms with van der Waals surface area (Å²) < 4.78 is 5.18. The Kier molecular flexibility index (Phi) is 5.21. The van der Waals surface area contributed by atoms with Gasteiger partial charge >= 0.3 is 0 Å². The topological polar surface area (TPSA) is 71.1 Å². The van der Waals surface area contributed by atoms with E-state index in [-0.39, 0.29) is 5.41 Å². The van der Waals surface area contributed by atoms with E-state index in [2.05, 4.69) is 10.1 Å². The number of nitrogens with zero attached hydrogens (tertiary/aromatic N) is 2. The van der Waals surface area contributed by atoms with Gasteiger partial charge in [-0.25, -0.2) is 0 Å². The molecule has 0 aromatic rings. The number of amidine groups is 1. The Morgan fingerprint density at radius 2 is 2.29 bits per heavy atom. The zero-order valence-electron chi connectivity index (χ0n) is 11.1. The number of methoxy groups -OCH3 is 1. The molecule has 0 bridgehead atoms. The van der Waals surface area contributed by atoms with E-state index in [0.29, 0.717) is 11.8 Å². The van der Waals surface area contributed by atoms with Gasteiger partial charge in [0.2, 0.25) is 0 Å². The molecule has 1 unspecified atom stereocenters. The quantitative estimate of drug-likeness (QED) is 0.317. The predicted octanol–water partition coefficient (Wildman–Crippen LogP) is 1.12. The monoisotopic (exact) mass is 243 g/mol. The van der Waals surface area contributed by atoms with Gasteiger partial charge < -0.3 is 20.6 Å². The van der Waals surface area contributed by atoms with E-state index in [4.69, 9.17) is 15.7 Å². The van der Waals surface area contributed by atoms with Crippen LogP contribution in [-0.2, 0) is 4.74 Å². The lowest BCUT2D eigenvalue weighted by molar-refractivity contribution is 0.152. The first kappa shape index (κ1) is 14.3. The van der Waals surface area contributed by atoms with Gasteiger partial charge in [-0.05, 0) is 31.8 Å². The second-order valence-corrected chi connectivity index (χ2v) is 5.53. The summed E-state index contributed by atoms with van der Waals surface area (Å²) in [6.07, 6.45) is 2.11. The van der Waals surface area contributed by atoms with Crippen LogP contribution in [0.4, 0.5) is 0 Å². The molecule has 3 N–H and O–H groups in total. The molecule has 1 aliphatic rings. The van der Waals surface area contributed by atoms with Gasteiger partial charge in [-0.2, -0.15) is 0 Å². The summed E-state index contributed by atoms with van der Waals surface area (Å²) in [5, 5.41) is 11.8. The van der Waals surface area contributed by atoms with Crippen molar-refractivity contribution in [3.63, 3.8) is 0 Å². The van der Waals surface area contributed by atoms with Gasteiger partial charge in [0, 0.05) is 19.1 Å². The molecule has 0 spiro atoms. The Morgan fingerprint density at radius 3 is 2.88 bits per heavy atom. The first-order valence-corrected chi connectivity index (χ1v) is 6.19. The average Bonchev–Trinajstić information content (AvgIpc) is 2.74. The van der Waals surface area contributed by atoms with Gasteiger partial charge in [-0.3, -0.25) is 0 Å². The Morgan fingerprint density at radius 1 is 1.59 bits per heavy atom. The third-order valence-electron chi connectivity index (χ3n) is 3.63. The van der Waals surface area contributed by atoms with E-state index in [1.807, 2.05) is 13.8 Å². The van der Waals surface area contributed by atoms with E-state index in [9.17, 15) is 0 Å². The van der Waals surface area contributed by atoms with Crippen molar-refractivity contribution in [2.24, 2.45) is 22.2 Å². The van der Waals surface area contributed by atoms with Crippen molar-refractivity contribution in [1.29, 1.82) is 0 Å². The van der Waals surface area contributed by atoms with Gasteiger partial charge in [0.25, 0.3) is 0 Å². The minimum Gasteiger partial charge on any atom is -0.409 e. The zero-order valence-corrected chi connectivity index (χ0v) is 11.1. The average molecular weight is 243 g/mol. The molecule has 0 aromatic heterocycles. The molecule has 0 saturated carbocycles. The fourth-order valence-electron chi connectivity index (χ4n) is 2.19. The van der Waals surface area contributed by atoms with E-state index in [1.54, 1.807) is 7.11 Å². The van der Waals surface area contributed by atoms with E-state index in [1.165, 1.54) is 6.42 Å². The van der Waals surface area contributed by atoms with Crippen molar-refractivity contribution in [2.75, 3.05) is 33.4 Å². The molecule has 17 heavy (non-hydrogen) atoms. The molecule has 1 fully saturated rings. The Balaban J connectivity index is 2.32. The van der Waals surface area contributed by atoms with Crippen LogP contribution >= 0.6 is 0 Å². The standard InChI is InChI=1S/C12H25N3O2/c1-12(2,11(13)14-16)5-7-15-6-4-10(8-15)9-17-3/h10,16H,4-9H2,1-3H3,(H2,13,14). The number of rotatable bonds is 6. The fourth-order valence-corrected chi connectivity index (χ4v) is 2.19. The van der Waals surface area contributed by atoms with Crippen molar-refractivity contribution in [3.8, 4) is 0 Å². The normalized spacial score (nSPS) is 23.2. The van der Waals surface area contributed by atoms with Gasteiger partial charge in [0.15, 0.2) is 0 Å². The van der Waals surface area contributed by atoms with Crippen LogP contribution in [0.5, 0.6) is 0 Å². The van der Waals surface area contributed by atoms with Crippen LogP contribution in [0.15, 0.2) is 5.16 Å². The fraction of sp³-hybridized carbons (Fsp3) is 0.917. The van der Waals surface area contributed by atoms with Gasteiger partial charge in [0.1, 0.15) is 5.84 Å². The highest BCUT2D eigenvalue weighted by Crippen LogP contribution is 2.23. The Hall–Kier alpha value is -0.810. The third-order valence-corrected chi connectivity index (χ3v) is 3.63. The molecule has 100 valence electrons. The van der Waals surface area contributed by atoms with Crippen LogP contribution < -0.4 is 5.73 Å². The lowest BCUT2D eigenvalue weighted by Gasteiger charge is -2.26. The van der Waals surface area contributed by atoms with Crippen molar-refractivity contribution in [3.05, 3.63) is 0 Å². The predicted molar refractivity (Wildman–Crippen MR) is 68.2 cm³/mol. The van der Waals surface area contributed by atoms with Gasteiger partial charge in [-0.15, -0.1) is 0 Å². The molecule has 1 heterocycles. The maximum atomic E-state index is 8.71. The van der Waals surface area contributed by atoms with E-state index in [0.717, 1.165) is 32.7 Å². The highest BCUT2D eigenvalue weighted by atomic mass is 16.5. The van der Waals surface area contributed by atoms with Crippen LogP contribution in [-0.4, -0.2) is 49.3 Å². The summed E-state index contributed by atoms with van der Waals surface area (Å²) in [5.74, 6) is 0.970. The Labute approximate surface area is 104 Å². The molecule has 1 aliphatic heterocycles. The van der Waals surface area contributed by atoms with E-state index < -0.39 is 0 Å². The van der Waals surface area contributed by atoms with E-state index >= 15 is 0 Å². The molecule has 5 heteroatoms. The smallest absolute Gasteiger partial charge is 0.144 e. The molecular formula is C12H25N3O2. The molecule has 0 amide bonds. The zero-order chi connectivity index (χ0) is 12.9. The van der Waals surface area contributed by atoms with Crippen LogP contribution in [0.25, 0.3) is 0 Å². The number of nitrogens with two attached hydrogens (primary N) is 1. The third kappa shape index (κ3) is 4.16. The van der Waals surface area contributed by atoms with Gasteiger partial charge in [0.05, 0.1) is 6.61 Å². The molecule has 5 nitrogen and oxygen atoms in total.